The second-order valence-electron chi connectivity index (χ2n) is 6.37. The van der Waals surface area contributed by atoms with Gasteiger partial charge in [-0.1, -0.05) is 48.0 Å². The number of rotatable bonds is 6. The number of hydrogen-bond donors (Lipinski definition) is 2. The van der Waals surface area contributed by atoms with Gasteiger partial charge in [-0.15, -0.1) is 24.0 Å². The Bertz CT molecular complexity index is 766. The SMILES string of the molecule is CCNC(=NCc1ccccc1N1CCOCC1)NCc1ccccc1Cl.I. The van der Waals surface area contributed by atoms with Crippen LogP contribution in [-0.4, -0.2) is 38.8 Å². The summed E-state index contributed by atoms with van der Waals surface area (Å²) in [6, 6.07) is 16.3. The highest BCUT2D eigenvalue weighted by Crippen LogP contribution is 2.22. The lowest BCUT2D eigenvalue weighted by molar-refractivity contribution is 0.122. The van der Waals surface area contributed by atoms with Gasteiger partial charge in [0.2, 0.25) is 0 Å². The zero-order valence-corrected chi connectivity index (χ0v) is 19.2. The van der Waals surface area contributed by atoms with E-state index in [9.17, 15) is 0 Å². The maximum atomic E-state index is 6.25. The van der Waals surface area contributed by atoms with Crippen LogP contribution < -0.4 is 15.5 Å². The van der Waals surface area contributed by atoms with Gasteiger partial charge in [-0.25, -0.2) is 4.99 Å². The molecule has 1 saturated heterocycles. The molecule has 3 rings (SSSR count). The van der Waals surface area contributed by atoms with Crippen LogP contribution in [0.3, 0.4) is 0 Å². The molecule has 28 heavy (non-hydrogen) atoms. The Balaban J connectivity index is 0.00000280. The Morgan fingerprint density at radius 3 is 2.43 bits per heavy atom. The highest BCUT2D eigenvalue weighted by atomic mass is 127. The first-order chi connectivity index (χ1) is 13.3. The number of aliphatic imine (C=N–C) groups is 1. The molecule has 2 aromatic rings. The van der Waals surface area contributed by atoms with Gasteiger partial charge < -0.3 is 20.3 Å². The predicted molar refractivity (Wildman–Crippen MR) is 128 cm³/mol. The maximum Gasteiger partial charge on any atom is 0.191 e. The monoisotopic (exact) mass is 514 g/mol. The first kappa shape index (κ1) is 22.8. The number of guanidine groups is 1. The molecule has 0 aliphatic carbocycles. The second-order valence-corrected chi connectivity index (χ2v) is 6.78. The summed E-state index contributed by atoms with van der Waals surface area (Å²) in [6.07, 6.45) is 0. The summed E-state index contributed by atoms with van der Waals surface area (Å²) < 4.78 is 5.47. The number of ether oxygens (including phenoxy) is 1. The summed E-state index contributed by atoms with van der Waals surface area (Å²) in [4.78, 5) is 7.15. The zero-order valence-electron chi connectivity index (χ0n) is 16.2. The van der Waals surface area contributed by atoms with Gasteiger partial charge in [-0.05, 0) is 30.2 Å². The molecule has 0 unspecified atom stereocenters. The number of halogens is 2. The molecule has 0 aromatic heterocycles. The number of hydrogen-bond acceptors (Lipinski definition) is 3. The normalized spacial score (nSPS) is 14.4. The van der Waals surface area contributed by atoms with Crippen LogP contribution in [0.25, 0.3) is 0 Å². The van der Waals surface area contributed by atoms with Crippen molar-refractivity contribution in [3.05, 3.63) is 64.7 Å². The third kappa shape index (κ3) is 6.53. The summed E-state index contributed by atoms with van der Waals surface area (Å²) in [6.45, 7) is 7.52. The minimum absolute atomic E-state index is 0. The summed E-state index contributed by atoms with van der Waals surface area (Å²) in [5.41, 5.74) is 3.51. The van der Waals surface area contributed by atoms with Gasteiger partial charge in [0.15, 0.2) is 5.96 Å². The lowest BCUT2D eigenvalue weighted by Crippen LogP contribution is -2.37. The van der Waals surface area contributed by atoms with Crippen LogP contribution in [0, 0.1) is 0 Å². The van der Waals surface area contributed by atoms with E-state index in [0.717, 1.165) is 49.4 Å². The quantitative estimate of drug-likeness (QED) is 0.347. The van der Waals surface area contributed by atoms with Crippen molar-refractivity contribution in [2.24, 2.45) is 4.99 Å². The highest BCUT2D eigenvalue weighted by Gasteiger charge is 2.14. The molecule has 0 spiro atoms. The Kier molecular flexibility index (Phi) is 9.87. The third-order valence-electron chi connectivity index (χ3n) is 4.50. The fourth-order valence-corrected chi connectivity index (χ4v) is 3.29. The van der Waals surface area contributed by atoms with E-state index in [-0.39, 0.29) is 24.0 Å². The van der Waals surface area contributed by atoms with E-state index in [1.165, 1.54) is 11.3 Å². The molecule has 0 amide bonds. The van der Waals surface area contributed by atoms with Gasteiger partial charge in [-0.3, -0.25) is 0 Å². The molecule has 1 aliphatic heterocycles. The van der Waals surface area contributed by atoms with Crippen LogP contribution in [0.1, 0.15) is 18.1 Å². The van der Waals surface area contributed by atoms with Gasteiger partial charge in [0.25, 0.3) is 0 Å². The molecule has 1 heterocycles. The smallest absolute Gasteiger partial charge is 0.191 e. The predicted octanol–water partition coefficient (Wildman–Crippen LogP) is 4.05. The minimum atomic E-state index is 0. The van der Waals surface area contributed by atoms with Gasteiger partial charge in [-0.2, -0.15) is 0 Å². The number of nitrogens with zero attached hydrogens (tertiary/aromatic N) is 2. The van der Waals surface area contributed by atoms with E-state index >= 15 is 0 Å². The first-order valence-electron chi connectivity index (χ1n) is 9.44. The molecule has 1 aliphatic rings. The summed E-state index contributed by atoms with van der Waals surface area (Å²) in [5, 5.41) is 7.43. The van der Waals surface area contributed by atoms with Gasteiger partial charge >= 0.3 is 0 Å². The summed E-state index contributed by atoms with van der Waals surface area (Å²) in [5.74, 6) is 0.786. The van der Waals surface area contributed by atoms with E-state index in [1.807, 2.05) is 24.3 Å². The molecule has 1 fully saturated rings. The molecule has 2 N–H and O–H groups in total. The van der Waals surface area contributed by atoms with Crippen LogP contribution in [-0.2, 0) is 17.8 Å². The Morgan fingerprint density at radius 1 is 1.04 bits per heavy atom. The van der Waals surface area contributed by atoms with Crippen LogP contribution in [0.2, 0.25) is 5.02 Å². The fraction of sp³-hybridized carbons (Fsp3) is 0.381. The largest absolute Gasteiger partial charge is 0.378 e. The first-order valence-corrected chi connectivity index (χ1v) is 9.82. The van der Waals surface area contributed by atoms with Crippen molar-refractivity contribution in [3.8, 4) is 0 Å². The molecule has 0 saturated carbocycles. The van der Waals surface area contributed by atoms with Crippen molar-refractivity contribution >= 4 is 47.2 Å². The van der Waals surface area contributed by atoms with Crippen molar-refractivity contribution in [1.82, 2.24) is 10.6 Å². The van der Waals surface area contributed by atoms with Crippen LogP contribution in [0.5, 0.6) is 0 Å². The standard InChI is InChI=1S/C21H27ClN4O.HI/c1-2-23-21(24-15-17-7-3-5-9-19(17)22)25-16-18-8-4-6-10-20(18)26-11-13-27-14-12-26;/h3-10H,2,11-16H2,1H3,(H2,23,24,25);1H. The lowest BCUT2D eigenvalue weighted by atomic mass is 10.1. The zero-order chi connectivity index (χ0) is 18.9. The topological polar surface area (TPSA) is 48.9 Å². The Hall–Kier alpha value is -1.51. The molecular weight excluding hydrogens is 487 g/mol. The van der Waals surface area contributed by atoms with E-state index in [1.54, 1.807) is 0 Å². The second kappa shape index (κ2) is 12.1. The Labute approximate surface area is 189 Å². The van der Waals surface area contributed by atoms with Crippen molar-refractivity contribution < 1.29 is 4.74 Å². The number of nitrogens with one attached hydrogen (secondary N) is 2. The average molecular weight is 515 g/mol. The van der Waals surface area contributed by atoms with E-state index in [4.69, 9.17) is 21.3 Å². The molecular formula is C21H28ClIN4O. The molecule has 0 radical (unpaired) electrons. The van der Waals surface area contributed by atoms with Gasteiger partial charge in [0, 0.05) is 36.9 Å². The molecule has 0 bridgehead atoms. The van der Waals surface area contributed by atoms with Gasteiger partial charge in [0.05, 0.1) is 19.8 Å². The molecule has 2 aromatic carbocycles. The van der Waals surface area contributed by atoms with Crippen molar-refractivity contribution in [2.45, 2.75) is 20.0 Å². The van der Waals surface area contributed by atoms with Crippen LogP contribution >= 0.6 is 35.6 Å². The van der Waals surface area contributed by atoms with Crippen LogP contribution in [0.15, 0.2) is 53.5 Å². The molecule has 5 nitrogen and oxygen atoms in total. The van der Waals surface area contributed by atoms with Gasteiger partial charge in [0.1, 0.15) is 0 Å². The van der Waals surface area contributed by atoms with Crippen molar-refractivity contribution in [2.75, 3.05) is 37.7 Å². The molecule has 0 atom stereocenters. The Morgan fingerprint density at radius 2 is 1.71 bits per heavy atom. The number of morpholine rings is 1. The minimum Gasteiger partial charge on any atom is -0.378 e. The summed E-state index contributed by atoms with van der Waals surface area (Å²) >= 11 is 6.25. The number of benzene rings is 2. The van der Waals surface area contributed by atoms with E-state index < -0.39 is 0 Å². The van der Waals surface area contributed by atoms with Crippen molar-refractivity contribution in [1.29, 1.82) is 0 Å². The fourth-order valence-electron chi connectivity index (χ4n) is 3.08. The van der Waals surface area contributed by atoms with Crippen LogP contribution in [0.4, 0.5) is 5.69 Å². The maximum absolute atomic E-state index is 6.25. The summed E-state index contributed by atoms with van der Waals surface area (Å²) in [7, 11) is 0. The molecule has 7 heteroatoms. The molecule has 152 valence electrons. The number of para-hydroxylation sites is 1. The third-order valence-corrected chi connectivity index (χ3v) is 4.87. The van der Waals surface area contributed by atoms with Crippen molar-refractivity contribution in [3.63, 3.8) is 0 Å². The van der Waals surface area contributed by atoms with E-state index in [0.29, 0.717) is 13.1 Å². The highest BCUT2D eigenvalue weighted by molar-refractivity contribution is 14.0. The van der Waals surface area contributed by atoms with E-state index in [2.05, 4.69) is 46.7 Å². The number of anilines is 1. The lowest BCUT2D eigenvalue weighted by Gasteiger charge is -2.30. The average Bonchev–Trinajstić information content (AvgIpc) is 2.72.